The molecule has 30 heavy (non-hydrogen) atoms. The summed E-state index contributed by atoms with van der Waals surface area (Å²) in [5, 5.41) is 9.15. The number of alkyl halides is 2. The van der Waals surface area contributed by atoms with Gasteiger partial charge in [0.1, 0.15) is 11.5 Å². The number of benzene rings is 1. The van der Waals surface area contributed by atoms with Gasteiger partial charge in [-0.3, -0.25) is 9.79 Å². The Morgan fingerprint density at radius 3 is 2.60 bits per heavy atom. The van der Waals surface area contributed by atoms with Crippen molar-refractivity contribution in [1.29, 1.82) is 0 Å². The summed E-state index contributed by atoms with van der Waals surface area (Å²) in [7, 11) is 3.10. The molecule has 1 aliphatic rings. The first kappa shape index (κ1) is 26.2. The number of halogens is 3. The number of amides is 1. The molecule has 1 fully saturated rings. The van der Waals surface area contributed by atoms with Crippen LogP contribution >= 0.6 is 24.0 Å². The molecule has 0 heterocycles. The lowest BCUT2D eigenvalue weighted by Crippen LogP contribution is -2.41. The lowest BCUT2D eigenvalue weighted by Gasteiger charge is -2.22. The van der Waals surface area contributed by atoms with Crippen LogP contribution in [0.4, 0.5) is 8.78 Å². The smallest absolute Gasteiger partial charge is 0.387 e. The molecular formula is C20H31F2IN4O3. The average Bonchev–Trinajstić information content (AvgIpc) is 2.71. The molecule has 0 radical (unpaired) electrons. The summed E-state index contributed by atoms with van der Waals surface area (Å²) in [5.74, 6) is 1.07. The van der Waals surface area contributed by atoms with Gasteiger partial charge >= 0.3 is 6.61 Å². The van der Waals surface area contributed by atoms with Crippen molar-refractivity contribution in [3.63, 3.8) is 0 Å². The van der Waals surface area contributed by atoms with E-state index < -0.39 is 6.61 Å². The van der Waals surface area contributed by atoms with Gasteiger partial charge in [-0.05, 0) is 31.0 Å². The number of guanidine groups is 1. The van der Waals surface area contributed by atoms with Crippen LogP contribution in [0.15, 0.2) is 23.2 Å². The minimum absolute atomic E-state index is 0. The van der Waals surface area contributed by atoms with Crippen LogP contribution < -0.4 is 25.4 Å². The van der Waals surface area contributed by atoms with Gasteiger partial charge in [0.05, 0.1) is 7.11 Å². The fraction of sp³-hybridized carbons (Fsp3) is 0.600. The second-order valence-electron chi connectivity index (χ2n) is 6.86. The molecular weight excluding hydrogens is 509 g/mol. The summed E-state index contributed by atoms with van der Waals surface area (Å²) in [6.45, 7) is -2.30. The van der Waals surface area contributed by atoms with Gasteiger partial charge in [0, 0.05) is 38.2 Å². The van der Waals surface area contributed by atoms with E-state index in [0.29, 0.717) is 30.2 Å². The maximum absolute atomic E-state index is 12.6. The molecule has 1 aromatic carbocycles. The van der Waals surface area contributed by atoms with Crippen LogP contribution in [0.5, 0.6) is 11.5 Å². The predicted octanol–water partition coefficient (Wildman–Crippen LogP) is 3.42. The van der Waals surface area contributed by atoms with E-state index >= 15 is 0 Å². The minimum atomic E-state index is -2.91. The van der Waals surface area contributed by atoms with Gasteiger partial charge in [0.15, 0.2) is 5.96 Å². The first-order valence-corrected chi connectivity index (χ1v) is 9.87. The van der Waals surface area contributed by atoms with Gasteiger partial charge in [-0.25, -0.2) is 0 Å². The van der Waals surface area contributed by atoms with Crippen LogP contribution in [-0.4, -0.2) is 45.2 Å². The van der Waals surface area contributed by atoms with Crippen molar-refractivity contribution in [2.24, 2.45) is 4.99 Å². The fourth-order valence-electron chi connectivity index (χ4n) is 3.27. The summed E-state index contributed by atoms with van der Waals surface area (Å²) < 4.78 is 34.9. The lowest BCUT2D eigenvalue weighted by molar-refractivity contribution is -0.121. The number of methoxy groups -OCH3 is 1. The standard InChI is InChI=1S/C20H30F2N4O3.HI/c1-23-20(24-11-10-18(27)26-15-6-4-3-5-7-15)25-13-14-12-16(28-2)8-9-17(14)29-19(21)22;/h8-9,12,15,19H,3-7,10-11,13H2,1-2H3,(H,26,27)(H2,23,24,25);1H. The maximum Gasteiger partial charge on any atom is 0.387 e. The molecule has 0 bridgehead atoms. The molecule has 0 aromatic heterocycles. The van der Waals surface area contributed by atoms with Crippen molar-refractivity contribution in [2.45, 2.75) is 57.7 Å². The number of nitrogens with one attached hydrogen (secondary N) is 3. The quantitative estimate of drug-likeness (QED) is 0.254. The van der Waals surface area contributed by atoms with E-state index in [0.717, 1.165) is 12.8 Å². The summed E-state index contributed by atoms with van der Waals surface area (Å²) in [5.41, 5.74) is 0.502. The molecule has 7 nitrogen and oxygen atoms in total. The van der Waals surface area contributed by atoms with Crippen LogP contribution in [0, 0.1) is 0 Å². The van der Waals surface area contributed by atoms with E-state index in [1.165, 1.54) is 32.4 Å². The number of aliphatic imine (C=N–C) groups is 1. The molecule has 1 amide bonds. The van der Waals surface area contributed by atoms with Crippen LogP contribution in [0.2, 0.25) is 0 Å². The molecule has 2 rings (SSSR count). The monoisotopic (exact) mass is 540 g/mol. The highest BCUT2D eigenvalue weighted by molar-refractivity contribution is 14.0. The van der Waals surface area contributed by atoms with Gasteiger partial charge in [0.25, 0.3) is 0 Å². The third-order valence-electron chi connectivity index (χ3n) is 4.77. The van der Waals surface area contributed by atoms with Gasteiger partial charge in [0.2, 0.25) is 5.91 Å². The van der Waals surface area contributed by atoms with Crippen molar-refractivity contribution >= 4 is 35.8 Å². The number of hydrogen-bond acceptors (Lipinski definition) is 4. The highest BCUT2D eigenvalue weighted by Crippen LogP contribution is 2.25. The molecule has 0 aliphatic heterocycles. The Bertz CT molecular complexity index is 686. The first-order valence-electron chi connectivity index (χ1n) is 9.87. The maximum atomic E-state index is 12.6. The zero-order valence-electron chi connectivity index (χ0n) is 17.4. The number of ether oxygens (including phenoxy) is 2. The number of nitrogens with zero attached hydrogens (tertiary/aromatic N) is 1. The number of carbonyl (C=O) groups excluding carboxylic acids is 1. The Morgan fingerprint density at radius 2 is 1.97 bits per heavy atom. The molecule has 0 saturated heterocycles. The number of carbonyl (C=O) groups is 1. The summed E-state index contributed by atoms with van der Waals surface area (Å²) >= 11 is 0. The van der Waals surface area contributed by atoms with Crippen LogP contribution in [0.25, 0.3) is 0 Å². The third kappa shape index (κ3) is 9.31. The summed E-state index contributed by atoms with van der Waals surface area (Å²) in [6, 6.07) is 4.90. The van der Waals surface area contributed by atoms with E-state index in [1.54, 1.807) is 19.2 Å². The van der Waals surface area contributed by atoms with Gasteiger partial charge in [-0.2, -0.15) is 8.78 Å². The van der Waals surface area contributed by atoms with Crippen LogP contribution in [-0.2, 0) is 11.3 Å². The number of hydrogen-bond donors (Lipinski definition) is 3. The Balaban J connectivity index is 0.00000450. The fourth-order valence-corrected chi connectivity index (χ4v) is 3.27. The topological polar surface area (TPSA) is 84.0 Å². The van der Waals surface area contributed by atoms with E-state index in [-0.39, 0.29) is 48.2 Å². The second-order valence-corrected chi connectivity index (χ2v) is 6.86. The zero-order chi connectivity index (χ0) is 21.1. The molecule has 0 atom stereocenters. The highest BCUT2D eigenvalue weighted by Gasteiger charge is 2.15. The molecule has 0 spiro atoms. The van der Waals surface area contributed by atoms with Crippen molar-refractivity contribution < 1.29 is 23.0 Å². The Hall–Kier alpha value is -1.85. The Kier molecular flexibility index (Phi) is 12.4. The van der Waals surface area contributed by atoms with Gasteiger partial charge in [-0.15, -0.1) is 24.0 Å². The largest absolute Gasteiger partial charge is 0.497 e. The summed E-state index contributed by atoms with van der Waals surface area (Å²) in [6.07, 6.45) is 6.00. The normalized spacial score (nSPS) is 14.6. The molecule has 1 aromatic rings. The zero-order valence-corrected chi connectivity index (χ0v) is 19.7. The molecule has 0 unspecified atom stereocenters. The average molecular weight is 540 g/mol. The van der Waals surface area contributed by atoms with Crippen molar-refractivity contribution in [3.05, 3.63) is 23.8 Å². The van der Waals surface area contributed by atoms with E-state index in [1.807, 2.05) is 0 Å². The lowest BCUT2D eigenvalue weighted by atomic mass is 9.95. The molecule has 170 valence electrons. The van der Waals surface area contributed by atoms with Crippen molar-refractivity contribution in [2.75, 3.05) is 20.7 Å². The SMILES string of the molecule is CN=C(NCCC(=O)NC1CCCCC1)NCc1cc(OC)ccc1OC(F)F.I. The molecule has 3 N–H and O–H groups in total. The van der Waals surface area contributed by atoms with Crippen LogP contribution in [0.3, 0.4) is 0 Å². The van der Waals surface area contributed by atoms with Crippen LogP contribution in [0.1, 0.15) is 44.1 Å². The Morgan fingerprint density at radius 1 is 1.23 bits per heavy atom. The Labute approximate surface area is 193 Å². The third-order valence-corrected chi connectivity index (χ3v) is 4.77. The molecule has 10 heteroatoms. The van der Waals surface area contributed by atoms with E-state index in [2.05, 4.69) is 25.7 Å². The van der Waals surface area contributed by atoms with Crippen molar-refractivity contribution in [1.82, 2.24) is 16.0 Å². The highest BCUT2D eigenvalue weighted by atomic mass is 127. The van der Waals surface area contributed by atoms with E-state index in [4.69, 9.17) is 4.74 Å². The first-order chi connectivity index (χ1) is 14.0. The van der Waals surface area contributed by atoms with Gasteiger partial charge < -0.3 is 25.4 Å². The minimum Gasteiger partial charge on any atom is -0.497 e. The second kappa shape index (κ2) is 14.2. The molecule has 1 aliphatic carbocycles. The predicted molar refractivity (Wildman–Crippen MR) is 123 cm³/mol. The van der Waals surface area contributed by atoms with E-state index in [9.17, 15) is 13.6 Å². The van der Waals surface area contributed by atoms with Crippen molar-refractivity contribution in [3.8, 4) is 11.5 Å². The summed E-state index contributed by atoms with van der Waals surface area (Å²) in [4.78, 5) is 16.2. The molecule has 1 saturated carbocycles. The van der Waals surface area contributed by atoms with Gasteiger partial charge in [-0.1, -0.05) is 19.3 Å². The number of rotatable bonds is 9.